The minimum Gasteiger partial charge on any atom is -0.497 e. The summed E-state index contributed by atoms with van der Waals surface area (Å²) in [4.78, 5) is 0. The number of ether oxygens (including phenoxy) is 1. The van der Waals surface area contributed by atoms with Crippen molar-refractivity contribution in [2.24, 2.45) is 11.7 Å². The van der Waals surface area contributed by atoms with Crippen LogP contribution in [0.15, 0.2) is 18.2 Å². The third kappa shape index (κ3) is 3.09. The number of benzene rings is 1. The van der Waals surface area contributed by atoms with Crippen molar-refractivity contribution in [2.75, 3.05) is 7.11 Å². The fourth-order valence-corrected chi connectivity index (χ4v) is 1.77. The first kappa shape index (κ1) is 13.3. The van der Waals surface area contributed by atoms with Crippen molar-refractivity contribution in [3.63, 3.8) is 0 Å². The summed E-state index contributed by atoms with van der Waals surface area (Å²) in [5.41, 5.74) is 6.54. The molecule has 1 atom stereocenters. The molecule has 1 aliphatic carbocycles. The van der Waals surface area contributed by atoms with Crippen LogP contribution in [0.3, 0.4) is 0 Å². The zero-order valence-electron chi connectivity index (χ0n) is 9.28. The molecule has 1 aromatic rings. The lowest BCUT2D eigenvalue weighted by atomic mass is 10.0. The van der Waals surface area contributed by atoms with Crippen LogP contribution in [0.2, 0.25) is 0 Å². The van der Waals surface area contributed by atoms with Gasteiger partial charge in [-0.25, -0.2) is 4.39 Å². The summed E-state index contributed by atoms with van der Waals surface area (Å²) >= 11 is 0. The van der Waals surface area contributed by atoms with E-state index in [0.717, 1.165) is 6.42 Å². The molecular formula is C12H17ClFNO. The molecule has 0 aliphatic heterocycles. The molecule has 0 unspecified atom stereocenters. The van der Waals surface area contributed by atoms with Gasteiger partial charge in [0.15, 0.2) is 0 Å². The summed E-state index contributed by atoms with van der Waals surface area (Å²) in [6.07, 6.45) is 3.35. The fraction of sp³-hybridized carbons (Fsp3) is 0.500. The van der Waals surface area contributed by atoms with Crippen molar-refractivity contribution < 1.29 is 9.13 Å². The van der Waals surface area contributed by atoms with Gasteiger partial charge in [-0.1, -0.05) is 12.8 Å². The summed E-state index contributed by atoms with van der Waals surface area (Å²) in [5.74, 6) is 1.13. The molecule has 1 aliphatic rings. The highest BCUT2D eigenvalue weighted by molar-refractivity contribution is 5.85. The van der Waals surface area contributed by atoms with Gasteiger partial charge in [0.05, 0.1) is 7.11 Å². The van der Waals surface area contributed by atoms with Gasteiger partial charge in [0.1, 0.15) is 11.6 Å². The summed E-state index contributed by atoms with van der Waals surface area (Å²) in [5, 5.41) is 0. The van der Waals surface area contributed by atoms with E-state index in [-0.39, 0.29) is 24.3 Å². The second-order valence-electron chi connectivity index (χ2n) is 4.17. The van der Waals surface area contributed by atoms with E-state index in [1.165, 1.54) is 18.9 Å². The summed E-state index contributed by atoms with van der Waals surface area (Å²) in [7, 11) is 1.57. The van der Waals surface area contributed by atoms with Gasteiger partial charge in [0.2, 0.25) is 0 Å². The SMILES string of the molecule is COc1ccc(F)c([C@H](N)CC2CC2)c1.Cl. The van der Waals surface area contributed by atoms with Gasteiger partial charge in [0, 0.05) is 11.6 Å². The van der Waals surface area contributed by atoms with Gasteiger partial charge in [0.25, 0.3) is 0 Å². The minimum absolute atomic E-state index is 0. The van der Waals surface area contributed by atoms with E-state index in [1.807, 2.05) is 0 Å². The van der Waals surface area contributed by atoms with Crippen molar-refractivity contribution in [3.8, 4) is 5.75 Å². The molecule has 16 heavy (non-hydrogen) atoms. The van der Waals surface area contributed by atoms with E-state index in [2.05, 4.69) is 0 Å². The molecule has 0 spiro atoms. The highest BCUT2D eigenvalue weighted by Gasteiger charge is 2.25. The zero-order valence-corrected chi connectivity index (χ0v) is 10.1. The van der Waals surface area contributed by atoms with Crippen LogP contribution in [0, 0.1) is 11.7 Å². The highest BCUT2D eigenvalue weighted by atomic mass is 35.5. The van der Waals surface area contributed by atoms with Gasteiger partial charge in [-0.15, -0.1) is 12.4 Å². The third-order valence-corrected chi connectivity index (χ3v) is 2.89. The zero-order chi connectivity index (χ0) is 10.8. The number of hydrogen-bond acceptors (Lipinski definition) is 2. The molecule has 1 fully saturated rings. The van der Waals surface area contributed by atoms with E-state index in [4.69, 9.17) is 10.5 Å². The van der Waals surface area contributed by atoms with Crippen LogP contribution < -0.4 is 10.5 Å². The first-order valence-electron chi connectivity index (χ1n) is 5.29. The Balaban J connectivity index is 0.00000128. The van der Waals surface area contributed by atoms with E-state index >= 15 is 0 Å². The molecule has 2 N–H and O–H groups in total. The lowest BCUT2D eigenvalue weighted by Crippen LogP contribution is -2.13. The quantitative estimate of drug-likeness (QED) is 0.885. The standard InChI is InChI=1S/C12H16FNO.ClH/c1-15-9-4-5-11(13)10(7-9)12(14)6-8-2-3-8;/h4-5,7-8,12H,2-3,6,14H2,1H3;1H/t12-;/m1./s1. The van der Waals surface area contributed by atoms with Crippen molar-refractivity contribution in [1.82, 2.24) is 0 Å². The molecule has 0 bridgehead atoms. The van der Waals surface area contributed by atoms with Crippen LogP contribution in [-0.4, -0.2) is 7.11 Å². The second-order valence-corrected chi connectivity index (χ2v) is 4.17. The van der Waals surface area contributed by atoms with Crippen LogP contribution >= 0.6 is 12.4 Å². The van der Waals surface area contributed by atoms with Gasteiger partial charge in [-0.3, -0.25) is 0 Å². The van der Waals surface area contributed by atoms with Crippen LogP contribution in [0.25, 0.3) is 0 Å². The number of methoxy groups -OCH3 is 1. The van der Waals surface area contributed by atoms with E-state index in [1.54, 1.807) is 19.2 Å². The van der Waals surface area contributed by atoms with Crippen molar-refractivity contribution in [3.05, 3.63) is 29.6 Å². The van der Waals surface area contributed by atoms with Crippen molar-refractivity contribution >= 4 is 12.4 Å². The summed E-state index contributed by atoms with van der Waals surface area (Å²) in [6.45, 7) is 0. The first-order chi connectivity index (χ1) is 7.20. The van der Waals surface area contributed by atoms with Gasteiger partial charge >= 0.3 is 0 Å². The van der Waals surface area contributed by atoms with Crippen molar-refractivity contribution in [1.29, 1.82) is 0 Å². The maximum atomic E-state index is 13.5. The minimum atomic E-state index is -0.232. The number of nitrogens with two attached hydrogens (primary N) is 1. The molecule has 90 valence electrons. The average molecular weight is 246 g/mol. The molecule has 0 aromatic heterocycles. The Labute approximate surface area is 101 Å². The maximum absolute atomic E-state index is 13.5. The highest BCUT2D eigenvalue weighted by Crippen LogP contribution is 2.37. The topological polar surface area (TPSA) is 35.2 Å². The Morgan fingerprint density at radius 1 is 1.50 bits per heavy atom. The fourth-order valence-electron chi connectivity index (χ4n) is 1.77. The Bertz CT molecular complexity index is 355. The molecule has 2 rings (SSSR count). The number of hydrogen-bond donors (Lipinski definition) is 1. The smallest absolute Gasteiger partial charge is 0.128 e. The number of halogens is 2. The lowest BCUT2D eigenvalue weighted by Gasteiger charge is -2.13. The van der Waals surface area contributed by atoms with Gasteiger partial charge in [-0.2, -0.15) is 0 Å². The Morgan fingerprint density at radius 2 is 2.19 bits per heavy atom. The van der Waals surface area contributed by atoms with Crippen molar-refractivity contribution in [2.45, 2.75) is 25.3 Å². The average Bonchev–Trinajstić information content (AvgIpc) is 3.02. The predicted molar refractivity (Wildman–Crippen MR) is 64.5 cm³/mol. The summed E-state index contributed by atoms with van der Waals surface area (Å²) < 4.78 is 18.6. The Kier molecular flexibility index (Phi) is 4.56. The molecular weight excluding hydrogens is 229 g/mol. The molecule has 0 amide bonds. The van der Waals surface area contributed by atoms with Gasteiger partial charge in [-0.05, 0) is 30.5 Å². The Hall–Kier alpha value is -0.800. The molecule has 4 heteroatoms. The molecule has 0 saturated heterocycles. The first-order valence-corrected chi connectivity index (χ1v) is 5.29. The normalized spacial score (nSPS) is 16.4. The lowest BCUT2D eigenvalue weighted by molar-refractivity contribution is 0.411. The Morgan fingerprint density at radius 3 is 2.75 bits per heavy atom. The van der Waals surface area contributed by atoms with Crippen LogP contribution in [-0.2, 0) is 0 Å². The molecule has 0 radical (unpaired) electrons. The number of rotatable bonds is 4. The predicted octanol–water partition coefficient (Wildman–Crippen LogP) is 3.06. The second kappa shape index (κ2) is 5.51. The van der Waals surface area contributed by atoms with Crippen LogP contribution in [0.4, 0.5) is 4.39 Å². The monoisotopic (exact) mass is 245 g/mol. The van der Waals surface area contributed by atoms with Crippen LogP contribution in [0.1, 0.15) is 30.9 Å². The molecule has 1 saturated carbocycles. The van der Waals surface area contributed by atoms with Gasteiger partial charge < -0.3 is 10.5 Å². The molecule has 0 heterocycles. The van der Waals surface area contributed by atoms with E-state index in [9.17, 15) is 4.39 Å². The molecule has 2 nitrogen and oxygen atoms in total. The van der Waals surface area contributed by atoms with E-state index < -0.39 is 0 Å². The van der Waals surface area contributed by atoms with E-state index in [0.29, 0.717) is 17.2 Å². The largest absolute Gasteiger partial charge is 0.497 e. The maximum Gasteiger partial charge on any atom is 0.128 e. The van der Waals surface area contributed by atoms with Crippen LogP contribution in [0.5, 0.6) is 5.75 Å². The summed E-state index contributed by atoms with van der Waals surface area (Å²) in [6, 6.07) is 4.53. The molecule has 1 aromatic carbocycles. The third-order valence-electron chi connectivity index (χ3n) is 2.89.